The molecule has 0 spiro atoms. The fraction of sp³-hybridized carbons (Fsp3) is 0.562. The van der Waals surface area contributed by atoms with Crippen LogP contribution in [0.25, 0.3) is 0 Å². The number of hydrogen-bond donors (Lipinski definition) is 0. The smallest absolute Gasteiger partial charge is 0.161 e. The van der Waals surface area contributed by atoms with Crippen molar-refractivity contribution in [2.45, 2.75) is 38.6 Å². The van der Waals surface area contributed by atoms with Crippen LogP contribution < -0.4 is 9.47 Å². The Morgan fingerprint density at radius 1 is 1.14 bits per heavy atom. The van der Waals surface area contributed by atoms with Gasteiger partial charge in [-0.05, 0) is 37.0 Å². The number of ether oxygens (including phenoxy) is 2. The normalized spacial score (nSPS) is 15.6. The van der Waals surface area contributed by atoms with Crippen LogP contribution in [0.5, 0.6) is 11.5 Å². The van der Waals surface area contributed by atoms with Crippen molar-refractivity contribution >= 4 is 29.7 Å². The van der Waals surface area contributed by atoms with Gasteiger partial charge in [-0.2, -0.15) is 0 Å². The van der Waals surface area contributed by atoms with Gasteiger partial charge in [0.15, 0.2) is 11.5 Å². The summed E-state index contributed by atoms with van der Waals surface area (Å²) in [5.41, 5.74) is 3.27. The zero-order valence-electron chi connectivity index (χ0n) is 13.0. The number of aliphatic imine (C=N–C) groups is 1. The molecule has 2 rings (SSSR count). The minimum atomic E-state index is -0.0309. The third-order valence-electron chi connectivity index (χ3n) is 4.25. The molecular formula is C16H23Cl2NO2. The second-order valence-corrected chi connectivity index (χ2v) is 5.43. The average molecular weight is 332 g/mol. The maximum atomic E-state index is 6.12. The number of methoxy groups -OCH3 is 2. The highest BCUT2D eigenvalue weighted by Gasteiger charge is 2.32. The highest BCUT2D eigenvalue weighted by Crippen LogP contribution is 2.38. The fourth-order valence-electron chi connectivity index (χ4n) is 2.84. The molecular weight excluding hydrogens is 309 g/mol. The number of rotatable bonds is 5. The Morgan fingerprint density at radius 3 is 2.19 bits per heavy atom. The Morgan fingerprint density at radius 2 is 1.71 bits per heavy atom. The van der Waals surface area contributed by atoms with Crippen LogP contribution >= 0.6 is 24.0 Å². The van der Waals surface area contributed by atoms with Gasteiger partial charge in [0.25, 0.3) is 0 Å². The van der Waals surface area contributed by atoms with Crippen molar-refractivity contribution in [3.8, 4) is 11.5 Å². The van der Waals surface area contributed by atoms with Crippen LogP contribution in [-0.4, -0.2) is 31.4 Å². The molecule has 3 nitrogen and oxygen atoms in total. The lowest BCUT2D eigenvalue weighted by molar-refractivity contribution is 0.351. The van der Waals surface area contributed by atoms with Gasteiger partial charge in [0.1, 0.15) is 0 Å². The van der Waals surface area contributed by atoms with Gasteiger partial charge in [0, 0.05) is 5.56 Å². The number of nitrogens with zero attached hydrogens (tertiary/aromatic N) is 1. The molecule has 1 aliphatic heterocycles. The van der Waals surface area contributed by atoms with Crippen molar-refractivity contribution in [1.29, 1.82) is 0 Å². The minimum Gasteiger partial charge on any atom is -0.493 e. The Bertz CT molecular complexity index is 525. The summed E-state index contributed by atoms with van der Waals surface area (Å²) in [5.74, 6) is 1.91. The summed E-state index contributed by atoms with van der Waals surface area (Å²) >= 11 is 6.12. The average Bonchev–Trinajstić information content (AvgIpc) is 2.52. The maximum absolute atomic E-state index is 6.12. The molecule has 0 unspecified atom stereocenters. The standard InChI is InChI=1S/C16H22ClNO2.ClH/c1-5-16(6-2)9-11-7-14(19-3)15(20-4)8-12(11)13(10-17)18-16;/h7-8H,5-6,9-10H2,1-4H3;1H. The van der Waals surface area contributed by atoms with Crippen molar-refractivity contribution in [2.75, 3.05) is 20.1 Å². The molecule has 0 atom stereocenters. The third-order valence-corrected chi connectivity index (χ3v) is 4.51. The van der Waals surface area contributed by atoms with E-state index >= 15 is 0 Å². The van der Waals surface area contributed by atoms with Crippen molar-refractivity contribution in [1.82, 2.24) is 0 Å². The van der Waals surface area contributed by atoms with Gasteiger partial charge in [-0.25, -0.2) is 0 Å². The zero-order chi connectivity index (χ0) is 14.8. The summed E-state index contributed by atoms with van der Waals surface area (Å²) in [7, 11) is 3.31. The van der Waals surface area contributed by atoms with Gasteiger partial charge in [-0.1, -0.05) is 13.8 Å². The molecule has 0 fully saturated rings. The van der Waals surface area contributed by atoms with E-state index in [9.17, 15) is 0 Å². The molecule has 0 radical (unpaired) electrons. The second-order valence-electron chi connectivity index (χ2n) is 5.16. The summed E-state index contributed by atoms with van der Waals surface area (Å²) < 4.78 is 10.8. The van der Waals surface area contributed by atoms with Crippen molar-refractivity contribution in [3.63, 3.8) is 0 Å². The van der Waals surface area contributed by atoms with Crippen molar-refractivity contribution < 1.29 is 9.47 Å². The summed E-state index contributed by atoms with van der Waals surface area (Å²) in [6, 6.07) is 4.06. The van der Waals surface area contributed by atoms with Gasteiger partial charge < -0.3 is 9.47 Å². The van der Waals surface area contributed by atoms with Crippen LogP contribution in [0.15, 0.2) is 17.1 Å². The Labute approximate surface area is 138 Å². The van der Waals surface area contributed by atoms with Crippen LogP contribution in [-0.2, 0) is 6.42 Å². The minimum absolute atomic E-state index is 0. The predicted molar refractivity (Wildman–Crippen MR) is 91.1 cm³/mol. The first kappa shape index (κ1) is 18.1. The van der Waals surface area contributed by atoms with Crippen LogP contribution in [0.4, 0.5) is 0 Å². The van der Waals surface area contributed by atoms with E-state index in [0.717, 1.165) is 42.0 Å². The quantitative estimate of drug-likeness (QED) is 0.754. The monoisotopic (exact) mass is 331 g/mol. The first-order chi connectivity index (χ1) is 9.62. The molecule has 0 N–H and O–H groups in total. The van der Waals surface area contributed by atoms with Gasteiger partial charge in [-0.3, -0.25) is 4.99 Å². The molecule has 0 aliphatic carbocycles. The summed E-state index contributed by atoms with van der Waals surface area (Å²) in [6.45, 7) is 4.37. The van der Waals surface area contributed by atoms with Gasteiger partial charge in [0.2, 0.25) is 0 Å². The van der Waals surface area contributed by atoms with Gasteiger partial charge in [0.05, 0.1) is 31.4 Å². The molecule has 0 amide bonds. The largest absolute Gasteiger partial charge is 0.493 e. The van der Waals surface area contributed by atoms with Crippen molar-refractivity contribution in [2.24, 2.45) is 4.99 Å². The summed E-state index contributed by atoms with van der Waals surface area (Å²) in [4.78, 5) is 4.93. The van der Waals surface area contributed by atoms with E-state index in [0.29, 0.717) is 5.88 Å². The second kappa shape index (κ2) is 7.37. The third kappa shape index (κ3) is 3.29. The highest BCUT2D eigenvalue weighted by molar-refractivity contribution is 6.32. The van der Waals surface area contributed by atoms with E-state index in [1.54, 1.807) is 14.2 Å². The van der Waals surface area contributed by atoms with E-state index in [-0.39, 0.29) is 17.9 Å². The lowest BCUT2D eigenvalue weighted by atomic mass is 9.81. The lowest BCUT2D eigenvalue weighted by Gasteiger charge is -2.34. The van der Waals surface area contributed by atoms with Crippen LogP contribution in [0.1, 0.15) is 37.8 Å². The predicted octanol–water partition coefficient (Wildman–Crippen LogP) is 4.27. The Balaban J connectivity index is 0.00000220. The summed E-state index contributed by atoms with van der Waals surface area (Å²) in [5, 5.41) is 0. The zero-order valence-corrected chi connectivity index (χ0v) is 14.6. The first-order valence-electron chi connectivity index (χ1n) is 7.03. The molecule has 1 aromatic rings. The van der Waals surface area contributed by atoms with Crippen LogP contribution in [0.3, 0.4) is 0 Å². The highest BCUT2D eigenvalue weighted by atomic mass is 35.5. The van der Waals surface area contributed by atoms with E-state index in [4.69, 9.17) is 26.1 Å². The number of fused-ring (bicyclic) bond motifs is 1. The van der Waals surface area contributed by atoms with Crippen LogP contribution in [0.2, 0.25) is 0 Å². The molecule has 1 heterocycles. The molecule has 1 aromatic carbocycles. The SMILES string of the molecule is CCC1(CC)Cc2cc(OC)c(OC)cc2C(CCl)=N1.Cl. The number of halogens is 2. The van der Waals surface area contributed by atoms with Crippen molar-refractivity contribution in [3.05, 3.63) is 23.3 Å². The van der Waals surface area contributed by atoms with E-state index in [1.165, 1.54) is 5.56 Å². The fourth-order valence-corrected chi connectivity index (χ4v) is 3.04. The topological polar surface area (TPSA) is 30.8 Å². The Hall–Kier alpha value is -0.930. The van der Waals surface area contributed by atoms with Crippen LogP contribution in [0, 0.1) is 0 Å². The molecule has 1 aliphatic rings. The first-order valence-corrected chi connectivity index (χ1v) is 7.56. The molecule has 0 saturated carbocycles. The van der Waals surface area contributed by atoms with E-state index in [1.807, 2.05) is 6.07 Å². The van der Waals surface area contributed by atoms with Gasteiger partial charge >= 0.3 is 0 Å². The lowest BCUT2D eigenvalue weighted by Crippen LogP contribution is -2.34. The number of alkyl halides is 1. The molecule has 118 valence electrons. The van der Waals surface area contributed by atoms with Gasteiger partial charge in [-0.15, -0.1) is 24.0 Å². The molecule has 21 heavy (non-hydrogen) atoms. The Kier molecular flexibility index (Phi) is 6.36. The number of hydrogen-bond acceptors (Lipinski definition) is 3. The number of benzene rings is 1. The maximum Gasteiger partial charge on any atom is 0.161 e. The molecule has 0 bridgehead atoms. The molecule has 0 aromatic heterocycles. The molecule has 0 saturated heterocycles. The summed E-state index contributed by atoms with van der Waals surface area (Å²) in [6.07, 6.45) is 2.95. The molecule has 5 heteroatoms. The van der Waals surface area contributed by atoms with E-state index in [2.05, 4.69) is 19.9 Å². The van der Waals surface area contributed by atoms with E-state index < -0.39 is 0 Å².